The van der Waals surface area contributed by atoms with Crippen LogP contribution >= 0.6 is 11.3 Å². The van der Waals surface area contributed by atoms with E-state index < -0.39 is 0 Å². The first-order valence-electron chi connectivity index (χ1n) is 4.99. The minimum atomic E-state index is -0.252. The molecule has 0 atom stereocenters. The van der Waals surface area contributed by atoms with Gasteiger partial charge in [0.25, 0.3) is 0 Å². The van der Waals surface area contributed by atoms with Crippen LogP contribution in [0, 0.1) is 5.82 Å². The van der Waals surface area contributed by atoms with Gasteiger partial charge in [-0.05, 0) is 17.7 Å². The molecule has 0 saturated heterocycles. The first-order chi connectivity index (χ1) is 8.25. The average molecular weight is 245 g/mol. The van der Waals surface area contributed by atoms with Crippen LogP contribution in [0.4, 0.5) is 10.2 Å². The van der Waals surface area contributed by atoms with Gasteiger partial charge in [-0.15, -0.1) is 11.3 Å². The fraction of sp³-hybridized carbons (Fsp3) is 0. The van der Waals surface area contributed by atoms with E-state index in [1.54, 1.807) is 12.1 Å². The Morgan fingerprint density at radius 1 is 1.12 bits per heavy atom. The molecule has 2 heterocycles. The van der Waals surface area contributed by atoms with Gasteiger partial charge in [-0.2, -0.15) is 0 Å². The van der Waals surface area contributed by atoms with Gasteiger partial charge in [-0.1, -0.05) is 12.1 Å². The third-order valence-corrected chi connectivity index (χ3v) is 3.44. The Balaban J connectivity index is 2.27. The Hall–Kier alpha value is -2.01. The number of benzene rings is 1. The van der Waals surface area contributed by atoms with Crippen LogP contribution in [0.15, 0.2) is 36.0 Å². The third kappa shape index (κ3) is 1.64. The molecule has 17 heavy (non-hydrogen) atoms. The summed E-state index contributed by atoms with van der Waals surface area (Å²) in [7, 11) is 0. The summed E-state index contributed by atoms with van der Waals surface area (Å²) in [5.41, 5.74) is 7.71. The van der Waals surface area contributed by atoms with Gasteiger partial charge in [-0.3, -0.25) is 0 Å². The molecule has 3 rings (SSSR count). The van der Waals surface area contributed by atoms with E-state index in [2.05, 4.69) is 9.97 Å². The number of nitrogens with zero attached hydrogens (tertiary/aromatic N) is 2. The van der Waals surface area contributed by atoms with Crippen molar-refractivity contribution in [3.8, 4) is 11.1 Å². The van der Waals surface area contributed by atoms with Crippen molar-refractivity contribution in [2.45, 2.75) is 0 Å². The van der Waals surface area contributed by atoms with Crippen LogP contribution in [0.1, 0.15) is 0 Å². The maximum Gasteiger partial charge on any atom is 0.136 e. The summed E-state index contributed by atoms with van der Waals surface area (Å²) < 4.78 is 12.9. The number of hydrogen-bond acceptors (Lipinski definition) is 4. The normalized spacial score (nSPS) is 10.9. The van der Waals surface area contributed by atoms with Crippen molar-refractivity contribution in [2.24, 2.45) is 0 Å². The van der Waals surface area contributed by atoms with Crippen molar-refractivity contribution in [3.05, 3.63) is 41.8 Å². The molecule has 0 aliphatic heterocycles. The lowest BCUT2D eigenvalue weighted by atomic mass is 10.1. The molecule has 5 heteroatoms. The minimum Gasteiger partial charge on any atom is -0.383 e. The van der Waals surface area contributed by atoms with Crippen LogP contribution in [0.3, 0.4) is 0 Å². The Labute approximate surface area is 101 Å². The van der Waals surface area contributed by atoms with Gasteiger partial charge in [0.1, 0.15) is 22.8 Å². The molecule has 3 aromatic rings. The summed E-state index contributed by atoms with van der Waals surface area (Å²) in [5, 5.41) is 2.80. The maximum atomic E-state index is 12.9. The van der Waals surface area contributed by atoms with E-state index in [4.69, 9.17) is 5.73 Å². The SMILES string of the molecule is Nc1ncnc2scc(-c3ccc(F)cc3)c12. The number of rotatable bonds is 1. The molecule has 3 nitrogen and oxygen atoms in total. The largest absolute Gasteiger partial charge is 0.383 e. The number of fused-ring (bicyclic) bond motifs is 1. The van der Waals surface area contributed by atoms with Crippen molar-refractivity contribution in [2.75, 3.05) is 5.73 Å². The molecule has 2 aromatic heterocycles. The number of anilines is 1. The van der Waals surface area contributed by atoms with Crippen molar-refractivity contribution in [1.29, 1.82) is 0 Å². The number of nitrogens with two attached hydrogens (primary N) is 1. The Bertz CT molecular complexity index is 676. The molecular weight excluding hydrogens is 237 g/mol. The summed E-state index contributed by atoms with van der Waals surface area (Å²) in [4.78, 5) is 8.99. The standard InChI is InChI=1S/C12H8FN3S/c13-8-3-1-7(2-4-8)9-5-17-12-10(9)11(14)15-6-16-12/h1-6H,(H2,14,15,16). The third-order valence-electron chi connectivity index (χ3n) is 2.55. The Morgan fingerprint density at radius 3 is 2.65 bits per heavy atom. The van der Waals surface area contributed by atoms with E-state index in [-0.39, 0.29) is 5.82 Å². The zero-order valence-electron chi connectivity index (χ0n) is 8.72. The number of thiophene rings is 1. The molecule has 0 amide bonds. The quantitative estimate of drug-likeness (QED) is 0.716. The molecule has 84 valence electrons. The molecular formula is C12H8FN3S. The van der Waals surface area contributed by atoms with Gasteiger partial charge >= 0.3 is 0 Å². The zero-order chi connectivity index (χ0) is 11.8. The molecule has 0 aliphatic carbocycles. The van der Waals surface area contributed by atoms with E-state index in [1.807, 2.05) is 5.38 Å². The fourth-order valence-electron chi connectivity index (χ4n) is 1.74. The molecule has 0 fully saturated rings. The summed E-state index contributed by atoms with van der Waals surface area (Å²) >= 11 is 1.50. The summed E-state index contributed by atoms with van der Waals surface area (Å²) in [6.07, 6.45) is 1.45. The van der Waals surface area contributed by atoms with Crippen molar-refractivity contribution >= 4 is 27.4 Å². The van der Waals surface area contributed by atoms with Crippen LogP contribution in [0.2, 0.25) is 0 Å². The molecule has 0 unspecified atom stereocenters. The Kier molecular flexibility index (Phi) is 2.26. The zero-order valence-corrected chi connectivity index (χ0v) is 9.54. The highest BCUT2D eigenvalue weighted by Crippen LogP contribution is 2.35. The second-order valence-electron chi connectivity index (χ2n) is 3.60. The highest BCUT2D eigenvalue weighted by atomic mass is 32.1. The van der Waals surface area contributed by atoms with Crippen LogP contribution in [0.5, 0.6) is 0 Å². The molecule has 0 saturated carbocycles. The van der Waals surface area contributed by atoms with Crippen LogP contribution in [-0.4, -0.2) is 9.97 Å². The summed E-state index contributed by atoms with van der Waals surface area (Å²) in [6.45, 7) is 0. The number of aromatic nitrogens is 2. The van der Waals surface area contributed by atoms with E-state index in [0.717, 1.165) is 21.3 Å². The predicted octanol–water partition coefficient (Wildman–Crippen LogP) is 3.08. The van der Waals surface area contributed by atoms with E-state index in [0.29, 0.717) is 5.82 Å². The van der Waals surface area contributed by atoms with Gasteiger partial charge in [0.2, 0.25) is 0 Å². The molecule has 0 aliphatic rings. The topological polar surface area (TPSA) is 51.8 Å². The molecule has 1 aromatic carbocycles. The highest BCUT2D eigenvalue weighted by molar-refractivity contribution is 7.17. The van der Waals surface area contributed by atoms with Crippen LogP contribution in [-0.2, 0) is 0 Å². The van der Waals surface area contributed by atoms with Gasteiger partial charge in [0, 0.05) is 10.9 Å². The second-order valence-corrected chi connectivity index (χ2v) is 4.45. The Morgan fingerprint density at radius 2 is 1.88 bits per heavy atom. The van der Waals surface area contributed by atoms with E-state index in [1.165, 1.54) is 29.8 Å². The molecule has 0 radical (unpaired) electrons. The lowest BCUT2D eigenvalue weighted by Gasteiger charge is -2.01. The number of hydrogen-bond donors (Lipinski definition) is 1. The summed E-state index contributed by atoms with van der Waals surface area (Å²) in [5.74, 6) is 0.202. The monoisotopic (exact) mass is 245 g/mol. The molecule has 0 spiro atoms. The van der Waals surface area contributed by atoms with Crippen molar-refractivity contribution in [3.63, 3.8) is 0 Å². The van der Waals surface area contributed by atoms with E-state index >= 15 is 0 Å². The number of halogens is 1. The molecule has 2 N–H and O–H groups in total. The van der Waals surface area contributed by atoms with Crippen molar-refractivity contribution in [1.82, 2.24) is 9.97 Å². The molecule has 0 bridgehead atoms. The van der Waals surface area contributed by atoms with Gasteiger partial charge in [0.05, 0.1) is 5.39 Å². The van der Waals surface area contributed by atoms with Crippen molar-refractivity contribution < 1.29 is 4.39 Å². The number of nitrogen functional groups attached to an aromatic ring is 1. The van der Waals surface area contributed by atoms with E-state index in [9.17, 15) is 4.39 Å². The first kappa shape index (κ1) is 10.2. The second kappa shape index (κ2) is 3.78. The van der Waals surface area contributed by atoms with Gasteiger partial charge < -0.3 is 5.73 Å². The average Bonchev–Trinajstić information content (AvgIpc) is 2.75. The lowest BCUT2D eigenvalue weighted by Crippen LogP contribution is -1.91. The van der Waals surface area contributed by atoms with Crippen LogP contribution in [0.25, 0.3) is 21.3 Å². The fourth-order valence-corrected chi connectivity index (χ4v) is 2.66. The lowest BCUT2D eigenvalue weighted by molar-refractivity contribution is 0.628. The smallest absolute Gasteiger partial charge is 0.136 e. The van der Waals surface area contributed by atoms with Gasteiger partial charge in [-0.25, -0.2) is 14.4 Å². The minimum absolute atomic E-state index is 0.252. The highest BCUT2D eigenvalue weighted by Gasteiger charge is 2.10. The maximum absolute atomic E-state index is 12.9. The summed E-state index contributed by atoms with van der Waals surface area (Å²) in [6, 6.07) is 6.31. The predicted molar refractivity (Wildman–Crippen MR) is 67.2 cm³/mol. The van der Waals surface area contributed by atoms with Crippen LogP contribution < -0.4 is 5.73 Å². The van der Waals surface area contributed by atoms with Gasteiger partial charge in [0.15, 0.2) is 0 Å². The first-order valence-corrected chi connectivity index (χ1v) is 5.87.